The molecule has 154 valence electrons. The number of allylic oxidation sites excluding steroid dienone is 1. The van der Waals surface area contributed by atoms with Gasteiger partial charge in [-0.3, -0.25) is 14.5 Å². The Bertz CT molecular complexity index is 1150. The maximum absolute atomic E-state index is 13.2. The Balaban J connectivity index is 1.57. The van der Waals surface area contributed by atoms with Gasteiger partial charge in [0.2, 0.25) is 0 Å². The van der Waals surface area contributed by atoms with E-state index in [0.29, 0.717) is 22.7 Å². The summed E-state index contributed by atoms with van der Waals surface area (Å²) < 4.78 is 5.79. The first kappa shape index (κ1) is 20.8. The molecule has 4 rings (SSSR count). The Kier molecular flexibility index (Phi) is 6.11. The number of rotatable bonds is 5. The highest BCUT2D eigenvalue weighted by Gasteiger charge is 2.35. The number of hydrogen-bond acceptors (Lipinski definition) is 4. The van der Waals surface area contributed by atoms with Crippen molar-refractivity contribution in [3.05, 3.63) is 102 Å². The number of para-hydroxylation sites is 1. The molecule has 1 N–H and O–H groups in total. The van der Waals surface area contributed by atoms with E-state index in [1.54, 1.807) is 48.5 Å². The summed E-state index contributed by atoms with van der Waals surface area (Å²) in [6, 6.07) is 25.0. The second-order valence-corrected chi connectivity index (χ2v) is 7.51. The number of alkyl halides is 1. The van der Waals surface area contributed by atoms with Gasteiger partial charge in [-0.15, -0.1) is 0 Å². The molecule has 0 radical (unpaired) electrons. The second-order valence-electron chi connectivity index (χ2n) is 6.69. The van der Waals surface area contributed by atoms with E-state index in [1.807, 2.05) is 36.4 Å². The Morgan fingerprint density at radius 1 is 0.935 bits per heavy atom. The Labute approximate surface area is 189 Å². The van der Waals surface area contributed by atoms with Gasteiger partial charge in [0, 0.05) is 5.56 Å². The van der Waals surface area contributed by atoms with Crippen molar-refractivity contribution >= 4 is 46.3 Å². The lowest BCUT2D eigenvalue weighted by Gasteiger charge is -2.33. The molecule has 5 nitrogen and oxygen atoms in total. The van der Waals surface area contributed by atoms with Crippen molar-refractivity contribution in [2.75, 3.05) is 4.90 Å². The van der Waals surface area contributed by atoms with Crippen LogP contribution in [0.25, 0.3) is 0 Å². The van der Waals surface area contributed by atoms with E-state index >= 15 is 0 Å². The van der Waals surface area contributed by atoms with Crippen LogP contribution < -0.4 is 15.0 Å². The van der Waals surface area contributed by atoms with Gasteiger partial charge in [-0.25, -0.2) is 0 Å². The van der Waals surface area contributed by atoms with E-state index in [1.165, 1.54) is 11.0 Å². The molecule has 1 amide bonds. The van der Waals surface area contributed by atoms with E-state index in [0.717, 1.165) is 0 Å². The van der Waals surface area contributed by atoms with Gasteiger partial charge in [-0.1, -0.05) is 60.1 Å². The normalized spacial score (nSPS) is 17.4. The van der Waals surface area contributed by atoms with Crippen LogP contribution in [0.1, 0.15) is 10.4 Å². The first-order valence-electron chi connectivity index (χ1n) is 9.46. The first-order chi connectivity index (χ1) is 15.0. The highest BCUT2D eigenvalue weighted by molar-refractivity contribution is 7.80. The highest BCUT2D eigenvalue weighted by Crippen LogP contribution is 2.28. The molecular formula is C24H17ClN2O3S. The fraction of sp³-hybridized carbons (Fsp3) is 0.0417. The topological polar surface area (TPSA) is 58.6 Å². The number of thiocarbonyl (C=S) groups is 1. The summed E-state index contributed by atoms with van der Waals surface area (Å²) >= 11 is 11.6. The number of amides is 1. The van der Waals surface area contributed by atoms with Crippen LogP contribution in [-0.2, 0) is 4.79 Å². The predicted molar refractivity (Wildman–Crippen MR) is 125 cm³/mol. The van der Waals surface area contributed by atoms with Crippen LogP contribution in [0.3, 0.4) is 0 Å². The number of ketones is 1. The molecule has 1 fully saturated rings. The number of nitrogens with zero attached hydrogens (tertiary/aromatic N) is 1. The maximum atomic E-state index is 13.2. The van der Waals surface area contributed by atoms with Gasteiger partial charge in [0.15, 0.2) is 10.9 Å². The van der Waals surface area contributed by atoms with Crippen LogP contribution in [0, 0.1) is 0 Å². The number of ether oxygens (including phenoxy) is 1. The Morgan fingerprint density at radius 3 is 2.16 bits per heavy atom. The van der Waals surface area contributed by atoms with Gasteiger partial charge in [0.1, 0.15) is 17.0 Å². The standard InChI is InChI=1S/C24H17ClN2O3S/c25-22-20(15-21(28)16-7-3-1-4-8-16)23(29)27(24(31)26-22)17-11-13-19(14-12-17)30-18-9-5-2-6-10-18/h1-15,22H,(H,26,31)/b20-15+. The second kappa shape index (κ2) is 9.12. The molecule has 1 atom stereocenters. The zero-order valence-electron chi connectivity index (χ0n) is 16.2. The number of carbonyl (C=O) groups excluding carboxylic acids is 2. The van der Waals surface area contributed by atoms with Gasteiger partial charge in [0.05, 0.1) is 11.3 Å². The number of halogens is 1. The van der Waals surface area contributed by atoms with Crippen LogP contribution >= 0.6 is 23.8 Å². The third-order valence-electron chi connectivity index (χ3n) is 4.60. The molecule has 0 aromatic heterocycles. The minimum absolute atomic E-state index is 0.119. The van der Waals surface area contributed by atoms with Crippen molar-refractivity contribution in [1.29, 1.82) is 0 Å². The summed E-state index contributed by atoms with van der Waals surface area (Å²) in [6.07, 6.45) is 1.25. The average molecular weight is 449 g/mol. The van der Waals surface area contributed by atoms with Crippen LogP contribution in [0.5, 0.6) is 11.5 Å². The summed E-state index contributed by atoms with van der Waals surface area (Å²) in [5.74, 6) is 0.556. The molecule has 1 heterocycles. The third kappa shape index (κ3) is 4.66. The minimum atomic E-state index is -0.899. The maximum Gasteiger partial charge on any atom is 0.264 e. The smallest absolute Gasteiger partial charge is 0.264 e. The van der Waals surface area contributed by atoms with Crippen molar-refractivity contribution in [3.8, 4) is 11.5 Å². The quantitative estimate of drug-likeness (QED) is 0.194. The number of carbonyl (C=O) groups is 2. The Morgan fingerprint density at radius 2 is 1.52 bits per heavy atom. The molecule has 0 aliphatic carbocycles. The zero-order chi connectivity index (χ0) is 21.8. The SMILES string of the molecule is O=C(/C=C1/C(=O)N(c2ccc(Oc3ccccc3)cc2)C(=S)NC1Cl)c1ccccc1. The van der Waals surface area contributed by atoms with E-state index in [4.69, 9.17) is 28.6 Å². The molecule has 3 aromatic carbocycles. The lowest BCUT2D eigenvalue weighted by molar-refractivity contribution is -0.114. The molecule has 1 saturated heterocycles. The van der Waals surface area contributed by atoms with Crippen molar-refractivity contribution in [2.45, 2.75) is 5.50 Å². The van der Waals surface area contributed by atoms with Crippen molar-refractivity contribution in [2.24, 2.45) is 0 Å². The summed E-state index contributed by atoms with van der Waals surface area (Å²) in [5, 5.41) is 3.03. The predicted octanol–water partition coefficient (Wildman–Crippen LogP) is 5.07. The molecule has 1 aliphatic rings. The van der Waals surface area contributed by atoms with Crippen molar-refractivity contribution < 1.29 is 14.3 Å². The molecule has 0 bridgehead atoms. The molecule has 0 spiro atoms. The van der Waals surface area contributed by atoms with Gasteiger partial charge in [-0.05, 0) is 54.7 Å². The number of hydrogen-bond donors (Lipinski definition) is 1. The number of benzene rings is 3. The fourth-order valence-electron chi connectivity index (χ4n) is 3.06. The summed E-state index contributed by atoms with van der Waals surface area (Å²) in [5.41, 5.74) is 0.219. The average Bonchev–Trinajstić information content (AvgIpc) is 2.79. The molecular weight excluding hydrogens is 432 g/mol. The summed E-state index contributed by atoms with van der Waals surface area (Å²) in [7, 11) is 0. The molecule has 1 unspecified atom stereocenters. The van der Waals surface area contributed by atoms with Crippen LogP contribution in [0.15, 0.2) is 96.6 Å². The molecule has 1 aliphatic heterocycles. The van der Waals surface area contributed by atoms with Gasteiger partial charge in [-0.2, -0.15) is 0 Å². The Hall–Kier alpha value is -3.48. The number of anilines is 1. The zero-order valence-corrected chi connectivity index (χ0v) is 17.8. The van der Waals surface area contributed by atoms with Crippen LogP contribution in [0.4, 0.5) is 5.69 Å². The minimum Gasteiger partial charge on any atom is -0.457 e. The van der Waals surface area contributed by atoms with Gasteiger partial charge < -0.3 is 10.1 Å². The molecule has 3 aromatic rings. The summed E-state index contributed by atoms with van der Waals surface area (Å²) in [4.78, 5) is 27.0. The molecule has 0 saturated carbocycles. The molecule has 7 heteroatoms. The monoisotopic (exact) mass is 448 g/mol. The first-order valence-corrected chi connectivity index (χ1v) is 10.3. The third-order valence-corrected chi connectivity index (χ3v) is 5.24. The van der Waals surface area contributed by atoms with Crippen molar-refractivity contribution in [3.63, 3.8) is 0 Å². The number of nitrogens with one attached hydrogen (secondary N) is 1. The largest absolute Gasteiger partial charge is 0.457 e. The fourth-order valence-corrected chi connectivity index (χ4v) is 3.70. The van der Waals surface area contributed by atoms with E-state index in [-0.39, 0.29) is 16.5 Å². The van der Waals surface area contributed by atoms with Gasteiger partial charge >= 0.3 is 0 Å². The van der Waals surface area contributed by atoms with E-state index < -0.39 is 11.4 Å². The summed E-state index contributed by atoms with van der Waals surface area (Å²) in [6.45, 7) is 0. The highest BCUT2D eigenvalue weighted by atomic mass is 35.5. The van der Waals surface area contributed by atoms with Crippen LogP contribution in [0.2, 0.25) is 0 Å². The molecule has 31 heavy (non-hydrogen) atoms. The van der Waals surface area contributed by atoms with Crippen LogP contribution in [-0.4, -0.2) is 22.3 Å². The lowest BCUT2D eigenvalue weighted by atomic mass is 10.1. The lowest BCUT2D eigenvalue weighted by Crippen LogP contribution is -2.54. The van der Waals surface area contributed by atoms with E-state index in [2.05, 4.69) is 5.32 Å². The van der Waals surface area contributed by atoms with E-state index in [9.17, 15) is 9.59 Å². The van der Waals surface area contributed by atoms with Crippen molar-refractivity contribution in [1.82, 2.24) is 5.32 Å². The van der Waals surface area contributed by atoms with Gasteiger partial charge in [0.25, 0.3) is 5.91 Å².